The van der Waals surface area contributed by atoms with E-state index in [1.54, 1.807) is 6.20 Å². The van der Waals surface area contributed by atoms with E-state index in [9.17, 15) is 5.11 Å². The Labute approximate surface area is 103 Å². The lowest BCUT2D eigenvalue weighted by Crippen LogP contribution is -1.93. The molecule has 16 heavy (non-hydrogen) atoms. The number of nitrogens with zero attached hydrogens (tertiary/aromatic N) is 2. The van der Waals surface area contributed by atoms with Gasteiger partial charge in [0, 0.05) is 17.1 Å². The third-order valence-electron chi connectivity index (χ3n) is 2.56. The molecule has 0 radical (unpaired) electrons. The van der Waals surface area contributed by atoms with Crippen molar-refractivity contribution in [3.8, 4) is 17.3 Å². The van der Waals surface area contributed by atoms with E-state index < -0.39 is 0 Å². The SMILES string of the molecule is Cc1cc(-c2nc(O)cn2C)cc(C)c1Br. The molecule has 2 aromatic rings. The van der Waals surface area contributed by atoms with Crippen LogP contribution < -0.4 is 0 Å². The van der Waals surface area contributed by atoms with Crippen LogP contribution in [0.3, 0.4) is 0 Å². The molecule has 2 rings (SSSR count). The van der Waals surface area contributed by atoms with Gasteiger partial charge in [-0.3, -0.25) is 0 Å². The van der Waals surface area contributed by atoms with Gasteiger partial charge in [-0.25, -0.2) is 0 Å². The topological polar surface area (TPSA) is 38.1 Å². The second-order valence-electron chi connectivity index (χ2n) is 3.96. The molecule has 0 fully saturated rings. The molecule has 0 saturated carbocycles. The Kier molecular flexibility index (Phi) is 2.76. The highest BCUT2D eigenvalue weighted by molar-refractivity contribution is 9.10. The molecular formula is C12H13BrN2O. The Balaban J connectivity index is 2.61. The van der Waals surface area contributed by atoms with Crippen LogP contribution >= 0.6 is 15.9 Å². The van der Waals surface area contributed by atoms with Crippen molar-refractivity contribution in [3.05, 3.63) is 33.9 Å². The minimum atomic E-state index is 0.0516. The first-order valence-corrected chi connectivity index (χ1v) is 5.78. The summed E-state index contributed by atoms with van der Waals surface area (Å²) >= 11 is 3.53. The summed E-state index contributed by atoms with van der Waals surface area (Å²) in [4.78, 5) is 4.10. The minimum absolute atomic E-state index is 0.0516. The van der Waals surface area contributed by atoms with Crippen molar-refractivity contribution in [2.45, 2.75) is 13.8 Å². The first-order valence-electron chi connectivity index (χ1n) is 4.98. The maximum absolute atomic E-state index is 9.35. The number of aromatic nitrogens is 2. The highest BCUT2D eigenvalue weighted by Gasteiger charge is 2.09. The first-order chi connectivity index (χ1) is 7.49. The fraction of sp³-hybridized carbons (Fsp3) is 0.250. The van der Waals surface area contributed by atoms with Gasteiger partial charge in [0.15, 0.2) is 0 Å². The largest absolute Gasteiger partial charge is 0.492 e. The van der Waals surface area contributed by atoms with Crippen LogP contribution in [-0.2, 0) is 7.05 Å². The maximum Gasteiger partial charge on any atom is 0.229 e. The summed E-state index contributed by atoms with van der Waals surface area (Å²) < 4.78 is 2.94. The van der Waals surface area contributed by atoms with Crippen LogP contribution in [0, 0.1) is 13.8 Å². The Morgan fingerprint density at radius 1 is 1.25 bits per heavy atom. The molecule has 0 amide bonds. The average Bonchev–Trinajstić information content (AvgIpc) is 2.53. The quantitative estimate of drug-likeness (QED) is 0.871. The zero-order chi connectivity index (χ0) is 11.9. The number of hydrogen-bond donors (Lipinski definition) is 1. The summed E-state index contributed by atoms with van der Waals surface area (Å²) in [6.07, 6.45) is 1.60. The number of aryl methyl sites for hydroxylation is 3. The average molecular weight is 281 g/mol. The molecule has 1 N–H and O–H groups in total. The summed E-state index contributed by atoms with van der Waals surface area (Å²) in [5.41, 5.74) is 3.34. The number of imidazole rings is 1. The van der Waals surface area contributed by atoms with Crippen molar-refractivity contribution in [2.24, 2.45) is 7.05 Å². The molecule has 0 atom stereocenters. The number of hydrogen-bond acceptors (Lipinski definition) is 2. The lowest BCUT2D eigenvalue weighted by atomic mass is 10.1. The lowest BCUT2D eigenvalue weighted by Gasteiger charge is -2.07. The zero-order valence-corrected chi connectivity index (χ0v) is 11.0. The number of rotatable bonds is 1. The van der Waals surface area contributed by atoms with Crippen molar-refractivity contribution in [1.82, 2.24) is 9.55 Å². The highest BCUT2D eigenvalue weighted by atomic mass is 79.9. The van der Waals surface area contributed by atoms with Crippen molar-refractivity contribution in [3.63, 3.8) is 0 Å². The third-order valence-corrected chi connectivity index (χ3v) is 3.81. The van der Waals surface area contributed by atoms with Crippen LogP contribution in [0.25, 0.3) is 11.4 Å². The Morgan fingerprint density at radius 2 is 1.81 bits per heavy atom. The standard InChI is InChI=1S/C12H13BrN2O/c1-7-4-9(5-8(2)11(7)13)12-14-10(16)6-15(12)3/h4-6,16H,1-3H3. The Bertz CT molecular complexity index is 523. The van der Waals surface area contributed by atoms with Crippen LogP contribution in [0.1, 0.15) is 11.1 Å². The highest BCUT2D eigenvalue weighted by Crippen LogP contribution is 2.28. The molecule has 0 aliphatic heterocycles. The van der Waals surface area contributed by atoms with Crippen molar-refractivity contribution < 1.29 is 5.11 Å². The van der Waals surface area contributed by atoms with Gasteiger partial charge in [0.1, 0.15) is 5.82 Å². The molecule has 0 spiro atoms. The fourth-order valence-electron chi connectivity index (χ4n) is 1.79. The molecular weight excluding hydrogens is 268 g/mol. The first kappa shape index (κ1) is 11.2. The normalized spacial score (nSPS) is 10.8. The van der Waals surface area contributed by atoms with Crippen LogP contribution in [0.4, 0.5) is 0 Å². The van der Waals surface area contributed by atoms with Crippen LogP contribution in [-0.4, -0.2) is 14.7 Å². The van der Waals surface area contributed by atoms with Crippen LogP contribution in [0.2, 0.25) is 0 Å². The van der Waals surface area contributed by atoms with Gasteiger partial charge in [-0.15, -0.1) is 0 Å². The second kappa shape index (κ2) is 3.94. The molecule has 0 bridgehead atoms. The predicted molar refractivity (Wildman–Crippen MR) is 67.5 cm³/mol. The summed E-state index contributed by atoms with van der Waals surface area (Å²) in [5.74, 6) is 0.826. The minimum Gasteiger partial charge on any atom is -0.492 e. The molecule has 3 nitrogen and oxygen atoms in total. The smallest absolute Gasteiger partial charge is 0.229 e. The van der Waals surface area contributed by atoms with Gasteiger partial charge < -0.3 is 9.67 Å². The number of aromatic hydroxyl groups is 1. The van der Waals surface area contributed by atoms with E-state index in [1.165, 1.54) is 0 Å². The van der Waals surface area contributed by atoms with E-state index >= 15 is 0 Å². The third kappa shape index (κ3) is 1.85. The molecule has 0 aliphatic carbocycles. The van der Waals surface area contributed by atoms with E-state index in [0.717, 1.165) is 27.0 Å². The number of benzene rings is 1. The van der Waals surface area contributed by atoms with E-state index in [-0.39, 0.29) is 5.88 Å². The van der Waals surface area contributed by atoms with Gasteiger partial charge in [-0.1, -0.05) is 15.9 Å². The van der Waals surface area contributed by atoms with E-state index in [1.807, 2.05) is 25.5 Å². The maximum atomic E-state index is 9.35. The summed E-state index contributed by atoms with van der Waals surface area (Å²) in [6, 6.07) is 4.11. The van der Waals surface area contributed by atoms with E-state index in [0.29, 0.717) is 0 Å². The van der Waals surface area contributed by atoms with Gasteiger partial charge in [0.25, 0.3) is 0 Å². The monoisotopic (exact) mass is 280 g/mol. The van der Waals surface area contributed by atoms with Crippen LogP contribution in [0.15, 0.2) is 22.8 Å². The number of halogens is 1. The Hall–Kier alpha value is -1.29. The zero-order valence-electron chi connectivity index (χ0n) is 9.45. The predicted octanol–water partition coefficient (Wildman–Crippen LogP) is 3.17. The van der Waals surface area contributed by atoms with Gasteiger partial charge in [0.05, 0.1) is 6.20 Å². The van der Waals surface area contributed by atoms with Crippen molar-refractivity contribution >= 4 is 15.9 Å². The van der Waals surface area contributed by atoms with Gasteiger partial charge >= 0.3 is 0 Å². The second-order valence-corrected chi connectivity index (χ2v) is 4.75. The Morgan fingerprint density at radius 3 is 2.25 bits per heavy atom. The molecule has 1 heterocycles. The van der Waals surface area contributed by atoms with E-state index in [4.69, 9.17) is 0 Å². The van der Waals surface area contributed by atoms with Gasteiger partial charge in [-0.05, 0) is 37.1 Å². The van der Waals surface area contributed by atoms with Gasteiger partial charge in [-0.2, -0.15) is 4.98 Å². The van der Waals surface area contributed by atoms with Gasteiger partial charge in [0.2, 0.25) is 5.88 Å². The molecule has 1 aromatic carbocycles. The van der Waals surface area contributed by atoms with Crippen LogP contribution in [0.5, 0.6) is 5.88 Å². The fourth-order valence-corrected chi connectivity index (χ4v) is 2.02. The van der Waals surface area contributed by atoms with Crippen molar-refractivity contribution in [1.29, 1.82) is 0 Å². The summed E-state index contributed by atoms with van der Waals surface area (Å²) in [7, 11) is 1.87. The summed E-state index contributed by atoms with van der Waals surface area (Å²) in [6.45, 7) is 4.09. The van der Waals surface area contributed by atoms with Crippen molar-refractivity contribution in [2.75, 3.05) is 0 Å². The molecule has 4 heteroatoms. The van der Waals surface area contributed by atoms with E-state index in [2.05, 4.69) is 33.0 Å². The summed E-state index contributed by atoms with van der Waals surface area (Å²) in [5, 5.41) is 9.35. The molecule has 84 valence electrons. The molecule has 0 saturated heterocycles. The molecule has 0 unspecified atom stereocenters. The lowest BCUT2D eigenvalue weighted by molar-refractivity contribution is 0.456. The molecule has 1 aromatic heterocycles. The molecule has 0 aliphatic rings.